The van der Waals surface area contributed by atoms with Crippen molar-refractivity contribution in [1.82, 2.24) is 29.9 Å². The van der Waals surface area contributed by atoms with Crippen LogP contribution in [0.4, 0.5) is 0 Å². The quantitative estimate of drug-likeness (QED) is 0.134. The first-order chi connectivity index (χ1) is 52.9. The van der Waals surface area contributed by atoms with Crippen molar-refractivity contribution < 1.29 is 9.47 Å². The molecular formula is C99H64N6O2. The topological polar surface area (TPSA) is 95.8 Å². The van der Waals surface area contributed by atoms with Crippen LogP contribution >= 0.6 is 0 Å². The van der Waals surface area contributed by atoms with Gasteiger partial charge in [-0.3, -0.25) is 0 Å². The van der Waals surface area contributed by atoms with Crippen LogP contribution in [0.3, 0.4) is 0 Å². The van der Waals surface area contributed by atoms with Crippen LogP contribution in [0.15, 0.2) is 364 Å². The standard InChI is InChI=1S/C99H64N6O2/c1-97-60-22-21-51-87(97)107-90-74(42-26-49-85(90)99(97)80-44-17-13-36-75(80)76-37-14-18-45-81(76)99)64-54-56-67(57-55-64)93-100-91(65-29-7-3-8-30-65)102-95(103-93)70-34-23-33-69(61-70)72-40-24-47-83-88(72)78-39-15-16-43-79(78)98(83)82-46-19-20-50-86(82)106-89-73(41-25-48-84(89)98)63-52-58-68(59-53-63)94-101-92(66-31-9-4-10-32-66)104-96(105-94)77-38-12-11-35-71(77)62-27-5-2-6-28-62/h2-59,61H,60H2,1H3. The summed E-state index contributed by atoms with van der Waals surface area (Å²) in [6, 6.07) is 121. The van der Waals surface area contributed by atoms with E-state index in [1.807, 2.05) is 60.7 Å². The maximum absolute atomic E-state index is 7.27. The van der Waals surface area contributed by atoms with E-state index < -0.39 is 10.8 Å². The molecular weight excluding hydrogens is 1310 g/mol. The second kappa shape index (κ2) is 24.4. The van der Waals surface area contributed by atoms with Crippen LogP contribution in [-0.2, 0) is 10.8 Å². The third-order valence-electron chi connectivity index (χ3n) is 22.8. The summed E-state index contributed by atoms with van der Waals surface area (Å²) in [5.41, 5.74) is 25.2. The molecule has 107 heavy (non-hydrogen) atoms. The Kier molecular flexibility index (Phi) is 14.1. The molecule has 2 aromatic heterocycles. The van der Waals surface area contributed by atoms with Crippen LogP contribution in [0.5, 0.6) is 17.2 Å². The third-order valence-corrected chi connectivity index (χ3v) is 22.8. The second-order valence-corrected chi connectivity index (χ2v) is 28.4. The average Bonchev–Trinajstić information content (AvgIpc) is 1.58. The molecule has 0 fully saturated rings. The highest BCUT2D eigenvalue weighted by atomic mass is 16.5. The van der Waals surface area contributed by atoms with Gasteiger partial charge < -0.3 is 9.47 Å². The van der Waals surface area contributed by atoms with Crippen molar-refractivity contribution in [2.24, 2.45) is 5.41 Å². The molecule has 0 N–H and O–H groups in total. The smallest absolute Gasteiger partial charge is 0.164 e. The van der Waals surface area contributed by atoms with Crippen molar-refractivity contribution in [3.8, 4) is 152 Å². The lowest BCUT2D eigenvalue weighted by Crippen LogP contribution is -2.50. The molecule has 502 valence electrons. The fourth-order valence-electron chi connectivity index (χ4n) is 18.0. The van der Waals surface area contributed by atoms with E-state index in [2.05, 4.69) is 304 Å². The van der Waals surface area contributed by atoms with E-state index in [-0.39, 0.29) is 5.41 Å². The third kappa shape index (κ3) is 9.41. The largest absolute Gasteiger partial charge is 0.460 e. The maximum Gasteiger partial charge on any atom is 0.164 e. The highest BCUT2D eigenvalue weighted by Gasteiger charge is 2.62. The monoisotopic (exact) mass is 1370 g/mol. The van der Waals surface area contributed by atoms with Gasteiger partial charge >= 0.3 is 0 Å². The summed E-state index contributed by atoms with van der Waals surface area (Å²) in [6.45, 7) is 2.39. The summed E-state index contributed by atoms with van der Waals surface area (Å²) in [7, 11) is 0. The molecule has 8 nitrogen and oxygen atoms in total. The average molecular weight is 1370 g/mol. The molecule has 14 aromatic carbocycles. The van der Waals surface area contributed by atoms with Crippen molar-refractivity contribution in [1.29, 1.82) is 0 Å². The molecule has 2 unspecified atom stereocenters. The molecule has 2 atom stereocenters. The van der Waals surface area contributed by atoms with Gasteiger partial charge in [0.05, 0.1) is 10.8 Å². The van der Waals surface area contributed by atoms with Crippen LogP contribution in [0.1, 0.15) is 52.3 Å². The van der Waals surface area contributed by atoms with Gasteiger partial charge in [-0.2, -0.15) is 0 Å². The first-order valence-corrected chi connectivity index (χ1v) is 36.5. The van der Waals surface area contributed by atoms with Gasteiger partial charge in [0.1, 0.15) is 23.0 Å². The molecule has 0 radical (unpaired) electrons. The van der Waals surface area contributed by atoms with Crippen LogP contribution in [-0.4, -0.2) is 29.9 Å². The highest BCUT2D eigenvalue weighted by Crippen LogP contribution is 2.70. The van der Waals surface area contributed by atoms with Crippen molar-refractivity contribution in [2.75, 3.05) is 0 Å². The Balaban J connectivity index is 0.653. The highest BCUT2D eigenvalue weighted by molar-refractivity contribution is 5.98. The van der Waals surface area contributed by atoms with Gasteiger partial charge in [0.15, 0.2) is 34.9 Å². The van der Waals surface area contributed by atoms with Crippen molar-refractivity contribution in [2.45, 2.75) is 24.2 Å². The Bertz CT molecular complexity index is 6320. The SMILES string of the molecule is CC12CC=CC=C1Oc1c(-c3ccc(-c4nc(-c5ccccc5)nc(-c5cccc(-c6cccc7c6-c6ccccc6C76c7ccccc7Oc7c(-c8ccc(-c9nc(-c%10ccccc%10)nc(-c%10ccccc%10-c%10ccccc%10)n9)cc8)cccc76)c5)n4)cc3)cccc1C21c2ccccc2-c2ccccc21. The van der Waals surface area contributed by atoms with E-state index in [1.54, 1.807) is 0 Å². The summed E-state index contributed by atoms with van der Waals surface area (Å²) in [4.78, 5) is 31.5. The fraction of sp³-hybridized carbons (Fsp3) is 0.0505. The van der Waals surface area contributed by atoms with E-state index in [4.69, 9.17) is 39.4 Å². The molecule has 5 aliphatic rings. The minimum atomic E-state index is -0.760. The Hall–Kier alpha value is -13.8. The Morgan fingerprint density at radius 3 is 1.24 bits per heavy atom. The Morgan fingerprint density at radius 1 is 0.262 bits per heavy atom. The number of para-hydroxylation sites is 3. The molecule has 2 aliphatic heterocycles. The molecule has 0 saturated carbocycles. The summed E-state index contributed by atoms with van der Waals surface area (Å²) in [6.07, 6.45) is 7.47. The van der Waals surface area contributed by atoms with Crippen LogP contribution in [0, 0.1) is 5.41 Å². The predicted octanol–water partition coefficient (Wildman–Crippen LogP) is 23.8. The summed E-state index contributed by atoms with van der Waals surface area (Å²) in [5.74, 6) is 6.99. The Labute approximate surface area is 620 Å². The predicted molar refractivity (Wildman–Crippen MR) is 427 cm³/mol. The Morgan fingerprint density at radius 2 is 0.645 bits per heavy atom. The zero-order valence-electron chi connectivity index (χ0n) is 58.3. The van der Waals surface area contributed by atoms with E-state index in [0.29, 0.717) is 34.9 Å². The van der Waals surface area contributed by atoms with Gasteiger partial charge in [-0.05, 0) is 103 Å². The first-order valence-electron chi connectivity index (χ1n) is 36.5. The molecule has 4 heterocycles. The molecule has 0 bridgehead atoms. The van der Waals surface area contributed by atoms with Gasteiger partial charge in [-0.15, -0.1) is 0 Å². The molecule has 0 saturated heterocycles. The van der Waals surface area contributed by atoms with E-state index >= 15 is 0 Å². The van der Waals surface area contributed by atoms with Crippen molar-refractivity contribution in [3.05, 3.63) is 403 Å². The fourth-order valence-corrected chi connectivity index (χ4v) is 18.0. The van der Waals surface area contributed by atoms with Crippen LogP contribution in [0.2, 0.25) is 0 Å². The number of nitrogens with zero attached hydrogens (tertiary/aromatic N) is 6. The van der Waals surface area contributed by atoms with E-state index in [9.17, 15) is 0 Å². The summed E-state index contributed by atoms with van der Waals surface area (Å²) in [5, 5.41) is 0. The summed E-state index contributed by atoms with van der Waals surface area (Å²) < 4.78 is 14.5. The number of hydrogen-bond acceptors (Lipinski definition) is 8. The van der Waals surface area contributed by atoms with Gasteiger partial charge in [-0.25, -0.2) is 29.9 Å². The second-order valence-electron chi connectivity index (χ2n) is 28.4. The maximum atomic E-state index is 7.27. The number of fused-ring (bicyclic) bond motifs is 18. The molecule has 8 heteroatoms. The number of hydrogen-bond donors (Lipinski definition) is 0. The van der Waals surface area contributed by atoms with Gasteiger partial charge in [0.2, 0.25) is 0 Å². The minimum Gasteiger partial charge on any atom is -0.460 e. The first kappa shape index (κ1) is 61.8. The lowest BCUT2D eigenvalue weighted by molar-refractivity contribution is 0.154. The molecule has 21 rings (SSSR count). The molecule has 16 aromatic rings. The lowest BCUT2D eigenvalue weighted by atomic mass is 9.52. The lowest BCUT2D eigenvalue weighted by Gasteiger charge is -2.53. The number of benzene rings is 14. The van der Waals surface area contributed by atoms with Crippen molar-refractivity contribution in [3.63, 3.8) is 0 Å². The molecule has 3 aliphatic carbocycles. The minimum absolute atomic E-state index is 0.380. The number of rotatable bonds is 10. The number of ether oxygens (including phenoxy) is 2. The molecule has 0 amide bonds. The summed E-state index contributed by atoms with van der Waals surface area (Å²) >= 11 is 0. The molecule has 2 spiro atoms. The van der Waals surface area contributed by atoms with E-state index in [0.717, 1.165) is 130 Å². The van der Waals surface area contributed by atoms with Crippen molar-refractivity contribution >= 4 is 0 Å². The van der Waals surface area contributed by atoms with Crippen LogP contribution < -0.4 is 9.47 Å². The van der Waals surface area contributed by atoms with E-state index in [1.165, 1.54) is 38.9 Å². The zero-order chi connectivity index (χ0) is 70.8. The number of aromatic nitrogens is 6. The van der Waals surface area contributed by atoms with Gasteiger partial charge in [-0.1, -0.05) is 347 Å². The number of allylic oxidation sites excluding steroid dienone is 4. The van der Waals surface area contributed by atoms with Gasteiger partial charge in [0, 0.05) is 66.6 Å². The normalized spacial score (nSPS) is 16.2. The van der Waals surface area contributed by atoms with Gasteiger partial charge in [0.25, 0.3) is 0 Å². The zero-order valence-corrected chi connectivity index (χ0v) is 58.3. The van der Waals surface area contributed by atoms with Crippen LogP contribution in [0.25, 0.3) is 135 Å².